The van der Waals surface area contributed by atoms with Gasteiger partial charge < -0.3 is 10.8 Å². The van der Waals surface area contributed by atoms with Crippen molar-refractivity contribution >= 4 is 5.91 Å². The van der Waals surface area contributed by atoms with Crippen LogP contribution in [0.15, 0.2) is 11.3 Å². The van der Waals surface area contributed by atoms with E-state index in [4.69, 9.17) is 5.73 Å². The molecule has 0 aromatic heterocycles. The van der Waals surface area contributed by atoms with E-state index in [1.807, 2.05) is 20.8 Å². The number of carbonyl (C=O) groups excluding carboxylic acids is 1. The van der Waals surface area contributed by atoms with Gasteiger partial charge in [-0.3, -0.25) is 4.79 Å². The fourth-order valence-electron chi connectivity index (χ4n) is 0.792. The summed E-state index contributed by atoms with van der Waals surface area (Å²) in [5.41, 5.74) is 4.92. The van der Waals surface area contributed by atoms with Crippen LogP contribution in [0, 0.1) is 5.41 Å². The molecule has 70 valence electrons. The smallest absolute Gasteiger partial charge is 0.247 e. The lowest BCUT2D eigenvalue weighted by Crippen LogP contribution is -2.21. The molecule has 12 heavy (non-hydrogen) atoms. The number of allylic oxidation sites excluding steroid dienone is 1. The van der Waals surface area contributed by atoms with Gasteiger partial charge in [-0.1, -0.05) is 20.8 Å². The predicted molar refractivity (Wildman–Crippen MR) is 48.6 cm³/mol. The molecule has 0 unspecified atom stereocenters. The molecule has 3 heteroatoms. The molecule has 1 amide bonds. The molecule has 0 heterocycles. The van der Waals surface area contributed by atoms with E-state index < -0.39 is 5.91 Å². The van der Waals surface area contributed by atoms with Crippen molar-refractivity contribution < 1.29 is 9.90 Å². The fourth-order valence-corrected chi connectivity index (χ4v) is 0.792. The van der Waals surface area contributed by atoms with E-state index in [0.29, 0.717) is 0 Å². The monoisotopic (exact) mass is 171 g/mol. The van der Waals surface area contributed by atoms with Crippen LogP contribution >= 0.6 is 0 Å². The number of rotatable bonds is 3. The van der Waals surface area contributed by atoms with Gasteiger partial charge in [0, 0.05) is 5.41 Å². The Labute approximate surface area is 73.3 Å². The first-order valence-electron chi connectivity index (χ1n) is 4.03. The second-order valence-corrected chi connectivity index (χ2v) is 3.58. The van der Waals surface area contributed by atoms with E-state index in [0.717, 1.165) is 6.42 Å². The first-order chi connectivity index (χ1) is 5.33. The van der Waals surface area contributed by atoms with Crippen LogP contribution in [0.1, 0.15) is 34.1 Å². The van der Waals surface area contributed by atoms with Gasteiger partial charge >= 0.3 is 0 Å². The Morgan fingerprint density at radius 3 is 2.17 bits per heavy atom. The minimum absolute atomic E-state index is 0.0949. The molecule has 0 aliphatic carbocycles. The van der Waals surface area contributed by atoms with Crippen molar-refractivity contribution in [1.82, 2.24) is 0 Å². The Balaban J connectivity index is 4.90. The van der Waals surface area contributed by atoms with E-state index in [-0.39, 0.29) is 16.7 Å². The van der Waals surface area contributed by atoms with Gasteiger partial charge in [0.05, 0.1) is 5.57 Å². The zero-order valence-electron chi connectivity index (χ0n) is 8.14. The molecule has 0 aromatic carbocycles. The van der Waals surface area contributed by atoms with E-state index in [1.165, 1.54) is 6.92 Å². The van der Waals surface area contributed by atoms with Gasteiger partial charge in [-0.05, 0) is 13.3 Å². The number of amides is 1. The largest absolute Gasteiger partial charge is 0.511 e. The lowest BCUT2D eigenvalue weighted by molar-refractivity contribution is -0.114. The summed E-state index contributed by atoms with van der Waals surface area (Å²) in [6.45, 7) is 7.23. The van der Waals surface area contributed by atoms with Crippen molar-refractivity contribution in [3.8, 4) is 0 Å². The quantitative estimate of drug-likeness (QED) is 0.502. The van der Waals surface area contributed by atoms with Gasteiger partial charge in [0.2, 0.25) is 5.91 Å². The minimum Gasteiger partial charge on any atom is -0.511 e. The summed E-state index contributed by atoms with van der Waals surface area (Å²) >= 11 is 0. The number of aliphatic hydroxyl groups is 1. The number of aliphatic hydroxyl groups excluding tert-OH is 1. The highest BCUT2D eigenvalue weighted by molar-refractivity contribution is 5.91. The molecule has 0 aromatic rings. The second kappa shape index (κ2) is 3.61. The molecule has 0 atom stereocenters. The van der Waals surface area contributed by atoms with Crippen LogP contribution in [0.3, 0.4) is 0 Å². The Bertz CT molecular complexity index is 217. The number of hydrogen-bond donors (Lipinski definition) is 2. The lowest BCUT2D eigenvalue weighted by Gasteiger charge is -2.22. The third-order valence-electron chi connectivity index (χ3n) is 2.25. The van der Waals surface area contributed by atoms with Crippen molar-refractivity contribution in [2.24, 2.45) is 11.1 Å². The Kier molecular flexibility index (Phi) is 3.31. The lowest BCUT2D eigenvalue weighted by atomic mass is 9.85. The third-order valence-corrected chi connectivity index (χ3v) is 2.25. The average Bonchev–Trinajstić information content (AvgIpc) is 2.01. The Morgan fingerprint density at radius 1 is 1.50 bits per heavy atom. The molecule has 3 nitrogen and oxygen atoms in total. The van der Waals surface area contributed by atoms with Crippen LogP contribution < -0.4 is 5.73 Å². The molecule has 0 rings (SSSR count). The number of carbonyl (C=O) groups is 1. The second-order valence-electron chi connectivity index (χ2n) is 3.58. The molecule has 0 aliphatic heterocycles. The van der Waals surface area contributed by atoms with Crippen LogP contribution in [0.4, 0.5) is 0 Å². The topological polar surface area (TPSA) is 63.3 Å². The van der Waals surface area contributed by atoms with Crippen LogP contribution in [-0.2, 0) is 4.79 Å². The van der Waals surface area contributed by atoms with Gasteiger partial charge in [0.25, 0.3) is 0 Å². The molecule has 0 bridgehead atoms. The molecule has 0 spiro atoms. The minimum atomic E-state index is -0.561. The molecule has 3 N–H and O–H groups in total. The van der Waals surface area contributed by atoms with E-state index in [2.05, 4.69) is 0 Å². The molecule has 0 aliphatic rings. The van der Waals surface area contributed by atoms with Gasteiger partial charge in [-0.2, -0.15) is 0 Å². The highest BCUT2D eigenvalue weighted by Crippen LogP contribution is 2.29. The fraction of sp³-hybridized carbons (Fsp3) is 0.667. The number of primary amides is 1. The van der Waals surface area contributed by atoms with Crippen LogP contribution in [-0.4, -0.2) is 11.0 Å². The summed E-state index contributed by atoms with van der Waals surface area (Å²) in [6.07, 6.45) is 0.767. The predicted octanol–water partition coefficient (Wildman–Crippen LogP) is 1.74. The number of nitrogens with two attached hydrogens (primary N) is 1. The summed E-state index contributed by atoms with van der Waals surface area (Å²) in [7, 11) is 0. The highest BCUT2D eigenvalue weighted by Gasteiger charge is 2.24. The summed E-state index contributed by atoms with van der Waals surface area (Å²) < 4.78 is 0. The van der Waals surface area contributed by atoms with Crippen LogP contribution in [0.25, 0.3) is 0 Å². The highest BCUT2D eigenvalue weighted by atomic mass is 16.3. The van der Waals surface area contributed by atoms with Crippen molar-refractivity contribution in [2.45, 2.75) is 34.1 Å². The maximum absolute atomic E-state index is 10.7. The van der Waals surface area contributed by atoms with Gasteiger partial charge in [0.15, 0.2) is 0 Å². The molecule has 0 saturated heterocycles. The summed E-state index contributed by atoms with van der Waals surface area (Å²) in [4.78, 5) is 10.7. The van der Waals surface area contributed by atoms with Crippen LogP contribution in [0.5, 0.6) is 0 Å². The average molecular weight is 171 g/mol. The van der Waals surface area contributed by atoms with E-state index in [1.54, 1.807) is 0 Å². The maximum atomic E-state index is 10.7. The molecular formula is C9H17NO2. The third kappa shape index (κ3) is 2.26. The first kappa shape index (κ1) is 11.0. The molecule has 0 saturated carbocycles. The van der Waals surface area contributed by atoms with Gasteiger partial charge in [-0.15, -0.1) is 0 Å². The molecule has 0 fully saturated rings. The maximum Gasteiger partial charge on any atom is 0.247 e. The van der Waals surface area contributed by atoms with Gasteiger partial charge in [-0.25, -0.2) is 0 Å². The molecular weight excluding hydrogens is 154 g/mol. The van der Waals surface area contributed by atoms with Crippen molar-refractivity contribution in [1.29, 1.82) is 0 Å². The molecule has 0 radical (unpaired) electrons. The summed E-state index contributed by atoms with van der Waals surface area (Å²) in [6, 6.07) is 0. The zero-order valence-corrected chi connectivity index (χ0v) is 8.14. The van der Waals surface area contributed by atoms with E-state index in [9.17, 15) is 9.90 Å². The Morgan fingerprint density at radius 2 is 1.92 bits per heavy atom. The Hall–Kier alpha value is -0.990. The summed E-state index contributed by atoms with van der Waals surface area (Å²) in [5.74, 6) is -0.466. The summed E-state index contributed by atoms with van der Waals surface area (Å²) in [5, 5.41) is 9.59. The van der Waals surface area contributed by atoms with Crippen molar-refractivity contribution in [2.75, 3.05) is 0 Å². The van der Waals surface area contributed by atoms with Crippen LogP contribution in [0.2, 0.25) is 0 Å². The first-order valence-corrected chi connectivity index (χ1v) is 4.03. The SMILES string of the molecule is CCC(C)(C)C(O)=C(C)C(N)=O. The van der Waals surface area contributed by atoms with E-state index >= 15 is 0 Å². The number of hydrogen-bond acceptors (Lipinski definition) is 2. The zero-order chi connectivity index (χ0) is 9.94. The normalized spacial score (nSPS) is 14.0. The van der Waals surface area contributed by atoms with Gasteiger partial charge in [0.1, 0.15) is 5.76 Å². The van der Waals surface area contributed by atoms with Crippen molar-refractivity contribution in [3.05, 3.63) is 11.3 Å². The van der Waals surface area contributed by atoms with Crippen molar-refractivity contribution in [3.63, 3.8) is 0 Å². The standard InChI is InChI=1S/C9H17NO2/c1-5-9(3,4)7(11)6(2)8(10)12/h11H,5H2,1-4H3,(H2,10,12).